The topological polar surface area (TPSA) is 9.23 Å². The van der Waals surface area contributed by atoms with Crippen LogP contribution in [0.3, 0.4) is 0 Å². The van der Waals surface area contributed by atoms with Gasteiger partial charge in [0, 0.05) is 6.61 Å². The van der Waals surface area contributed by atoms with Crippen LogP contribution in [0, 0.1) is 0 Å². The third-order valence-corrected chi connectivity index (χ3v) is 6.01. The van der Waals surface area contributed by atoms with Crippen molar-refractivity contribution in [3.8, 4) is 0 Å². The highest BCUT2D eigenvalue weighted by atomic mass is 28.3. The normalized spacial score (nSPS) is 10.9. The quantitative estimate of drug-likeness (QED) is 0.146. The molecule has 1 nitrogen and oxygen atoms in total. The van der Waals surface area contributed by atoms with Crippen molar-refractivity contribution in [3.63, 3.8) is 0 Å². The van der Waals surface area contributed by atoms with Gasteiger partial charge in [-0.05, 0) is 19.5 Å². The van der Waals surface area contributed by atoms with Gasteiger partial charge < -0.3 is 4.43 Å². The highest BCUT2D eigenvalue weighted by Gasteiger charge is 1.94. The smallest absolute Gasteiger partial charge is 0.170 e. The molecule has 0 unspecified atom stereocenters. The van der Waals surface area contributed by atoms with E-state index in [1.807, 2.05) is 0 Å². The number of hydrogen-bond acceptors (Lipinski definition) is 1. The molecule has 0 radical (unpaired) electrons. The van der Waals surface area contributed by atoms with Crippen LogP contribution in [-0.2, 0) is 4.43 Å². The van der Waals surface area contributed by atoms with Crippen molar-refractivity contribution in [2.75, 3.05) is 6.61 Å². The molecular weight excluding hydrogens is 344 g/mol. The van der Waals surface area contributed by atoms with Crippen LogP contribution >= 0.6 is 0 Å². The van der Waals surface area contributed by atoms with E-state index < -0.39 is 9.04 Å². The van der Waals surface area contributed by atoms with E-state index in [1.165, 1.54) is 116 Å². The molecule has 0 saturated carbocycles. The zero-order chi connectivity index (χ0) is 20.4. The lowest BCUT2D eigenvalue weighted by Crippen LogP contribution is -2.07. The standard InChI is InChI=1S/C20H42.C5H14OSi/c1-3-5-7-9-11-13-15-17-19-20-18-16-14-12-10-8-6-4-2;1-4-5-6-7(2)3/h3-20H2,1-2H3;7H,4-5H2,1-3H3. The fourth-order valence-electron chi connectivity index (χ4n) is 3.33. The molecule has 0 atom stereocenters. The molecule has 0 saturated heterocycles. The van der Waals surface area contributed by atoms with E-state index in [9.17, 15) is 0 Å². The Morgan fingerprint density at radius 1 is 0.407 bits per heavy atom. The number of rotatable bonds is 20. The zero-order valence-electron chi connectivity index (χ0n) is 20.1. The SMILES string of the molecule is CCCCCCCCCCCCCCCCCCCC.CCCO[SiH](C)C. The van der Waals surface area contributed by atoms with Crippen molar-refractivity contribution in [2.45, 2.75) is 156 Å². The second kappa shape index (κ2) is 28.4. The molecule has 0 aliphatic carbocycles. The molecule has 0 bridgehead atoms. The van der Waals surface area contributed by atoms with Crippen molar-refractivity contribution in [2.24, 2.45) is 0 Å². The summed E-state index contributed by atoms with van der Waals surface area (Å²) >= 11 is 0. The van der Waals surface area contributed by atoms with Crippen LogP contribution in [0.5, 0.6) is 0 Å². The van der Waals surface area contributed by atoms with Crippen molar-refractivity contribution in [1.82, 2.24) is 0 Å². The van der Waals surface area contributed by atoms with Gasteiger partial charge in [0.15, 0.2) is 9.04 Å². The van der Waals surface area contributed by atoms with E-state index in [2.05, 4.69) is 33.9 Å². The lowest BCUT2D eigenvalue weighted by Gasteiger charge is -2.03. The highest BCUT2D eigenvalue weighted by Crippen LogP contribution is 2.14. The molecule has 27 heavy (non-hydrogen) atoms. The Morgan fingerprint density at radius 3 is 0.815 bits per heavy atom. The number of hydrogen-bond donors (Lipinski definition) is 0. The van der Waals surface area contributed by atoms with Crippen LogP contribution in [0.25, 0.3) is 0 Å². The van der Waals surface area contributed by atoms with Gasteiger partial charge in [0.1, 0.15) is 0 Å². The molecule has 0 aliphatic rings. The second-order valence-corrected chi connectivity index (χ2v) is 11.0. The van der Waals surface area contributed by atoms with Crippen molar-refractivity contribution >= 4 is 9.04 Å². The molecule has 0 amide bonds. The summed E-state index contributed by atoms with van der Waals surface area (Å²) in [6.07, 6.45) is 27.6. The van der Waals surface area contributed by atoms with Crippen molar-refractivity contribution < 1.29 is 4.43 Å². The number of unbranched alkanes of at least 4 members (excludes halogenated alkanes) is 17. The summed E-state index contributed by atoms with van der Waals surface area (Å²) in [6, 6.07) is 0. The molecular formula is C25H56OSi. The minimum Gasteiger partial charge on any atom is -0.421 e. The largest absolute Gasteiger partial charge is 0.421 e. The Balaban J connectivity index is 0. The Kier molecular flexibility index (Phi) is 30.9. The van der Waals surface area contributed by atoms with E-state index in [1.54, 1.807) is 0 Å². The Bertz CT molecular complexity index is 212. The van der Waals surface area contributed by atoms with Gasteiger partial charge in [-0.15, -0.1) is 0 Å². The molecule has 2 heteroatoms. The average Bonchev–Trinajstić information content (AvgIpc) is 2.66. The summed E-state index contributed by atoms with van der Waals surface area (Å²) in [5.74, 6) is 0. The van der Waals surface area contributed by atoms with Crippen LogP contribution in [0.1, 0.15) is 143 Å². The lowest BCUT2D eigenvalue weighted by molar-refractivity contribution is 0.326. The van der Waals surface area contributed by atoms with Crippen molar-refractivity contribution in [3.05, 3.63) is 0 Å². The van der Waals surface area contributed by atoms with Gasteiger partial charge >= 0.3 is 0 Å². The minimum absolute atomic E-state index is 0.688. The van der Waals surface area contributed by atoms with Crippen LogP contribution in [0.15, 0.2) is 0 Å². The first kappa shape index (κ1) is 29.4. The first-order valence-corrected chi connectivity index (χ1v) is 15.6. The average molecular weight is 401 g/mol. The molecule has 0 N–H and O–H groups in total. The zero-order valence-corrected chi connectivity index (χ0v) is 21.3. The van der Waals surface area contributed by atoms with Gasteiger partial charge in [-0.3, -0.25) is 0 Å². The first-order chi connectivity index (χ1) is 13.2. The summed E-state index contributed by atoms with van der Waals surface area (Å²) in [5.41, 5.74) is 0. The summed E-state index contributed by atoms with van der Waals surface area (Å²) in [6.45, 7) is 12.1. The van der Waals surface area contributed by atoms with E-state index in [4.69, 9.17) is 4.43 Å². The van der Waals surface area contributed by atoms with Gasteiger partial charge in [0.05, 0.1) is 0 Å². The molecule has 0 aromatic rings. The fourth-order valence-corrected chi connectivity index (χ4v) is 4.04. The van der Waals surface area contributed by atoms with Crippen molar-refractivity contribution in [1.29, 1.82) is 0 Å². The van der Waals surface area contributed by atoms with E-state index in [0.717, 1.165) is 13.0 Å². The van der Waals surface area contributed by atoms with Crippen LogP contribution in [0.2, 0.25) is 13.1 Å². The monoisotopic (exact) mass is 400 g/mol. The highest BCUT2D eigenvalue weighted by molar-refractivity contribution is 6.48. The van der Waals surface area contributed by atoms with Gasteiger partial charge in [-0.1, -0.05) is 136 Å². The van der Waals surface area contributed by atoms with E-state index in [0.29, 0.717) is 0 Å². The molecule has 0 aromatic heterocycles. The van der Waals surface area contributed by atoms with Gasteiger partial charge in [-0.25, -0.2) is 0 Å². The van der Waals surface area contributed by atoms with Crippen LogP contribution in [-0.4, -0.2) is 15.6 Å². The maximum absolute atomic E-state index is 5.33. The third-order valence-electron chi connectivity index (χ3n) is 5.11. The lowest BCUT2D eigenvalue weighted by atomic mass is 10.0. The second-order valence-electron chi connectivity index (χ2n) is 8.58. The summed E-state index contributed by atoms with van der Waals surface area (Å²) in [5, 5.41) is 0. The molecule has 0 spiro atoms. The van der Waals surface area contributed by atoms with Gasteiger partial charge in [-0.2, -0.15) is 0 Å². The summed E-state index contributed by atoms with van der Waals surface area (Å²) in [4.78, 5) is 0. The first-order valence-electron chi connectivity index (χ1n) is 12.8. The fraction of sp³-hybridized carbons (Fsp3) is 1.00. The Morgan fingerprint density at radius 2 is 0.667 bits per heavy atom. The minimum atomic E-state index is -0.688. The molecule has 0 aliphatic heterocycles. The predicted molar refractivity (Wildman–Crippen MR) is 130 cm³/mol. The molecule has 166 valence electrons. The summed E-state index contributed by atoms with van der Waals surface area (Å²) < 4.78 is 5.33. The molecule has 0 rings (SSSR count). The van der Waals surface area contributed by atoms with Crippen LogP contribution in [0.4, 0.5) is 0 Å². The predicted octanol–water partition coefficient (Wildman–Crippen LogP) is 9.44. The Labute approximate surface area is 176 Å². The van der Waals surface area contributed by atoms with E-state index in [-0.39, 0.29) is 0 Å². The molecule has 0 aromatic carbocycles. The maximum Gasteiger partial charge on any atom is 0.170 e. The maximum atomic E-state index is 5.33. The Hall–Kier alpha value is 0.177. The molecule has 0 heterocycles. The van der Waals surface area contributed by atoms with Gasteiger partial charge in [0.2, 0.25) is 0 Å². The summed E-state index contributed by atoms with van der Waals surface area (Å²) in [7, 11) is -0.688. The van der Waals surface area contributed by atoms with E-state index >= 15 is 0 Å². The third kappa shape index (κ3) is 34.1. The molecule has 0 fully saturated rings. The van der Waals surface area contributed by atoms with Crippen LogP contribution < -0.4 is 0 Å². The van der Waals surface area contributed by atoms with Gasteiger partial charge in [0.25, 0.3) is 0 Å².